The Labute approximate surface area is 236 Å². The molecular weight excluding hydrogens is 535 g/mol. The molecule has 200 valence electrons. The van der Waals surface area contributed by atoms with Crippen molar-refractivity contribution in [3.8, 4) is 22.8 Å². The molecule has 0 saturated heterocycles. The van der Waals surface area contributed by atoms with E-state index in [0.717, 1.165) is 24.3 Å². The molecule has 0 fully saturated rings. The van der Waals surface area contributed by atoms with Gasteiger partial charge in [-0.2, -0.15) is 0 Å². The van der Waals surface area contributed by atoms with Gasteiger partial charge in [0, 0.05) is 0 Å². The Morgan fingerprint density at radius 3 is 2.23 bits per heavy atom. The van der Waals surface area contributed by atoms with Gasteiger partial charge >= 0.3 is 217 Å². The van der Waals surface area contributed by atoms with Crippen molar-refractivity contribution in [3.63, 3.8) is 0 Å². The normalized spacial score (nSPS) is 13.1. The topological polar surface area (TPSA) is 13.1 Å². The molecule has 0 aliphatic carbocycles. The number of nitrogens with zero attached hydrogens (tertiary/aromatic N) is 1. The number of rotatable bonds is 5. The van der Waals surface area contributed by atoms with Crippen molar-refractivity contribution >= 4 is 50.0 Å². The molecule has 0 saturated carbocycles. The van der Waals surface area contributed by atoms with Crippen LogP contribution in [0.5, 0.6) is 11.5 Å². The Morgan fingerprint density at radius 1 is 0.795 bits per heavy atom. The predicted octanol–water partition coefficient (Wildman–Crippen LogP) is 8.99. The van der Waals surface area contributed by atoms with Gasteiger partial charge in [0.25, 0.3) is 0 Å². The Hall–Kier alpha value is -2.85. The molecule has 1 aliphatic rings. The predicted molar refractivity (Wildman–Crippen MR) is 170 cm³/mol. The van der Waals surface area contributed by atoms with Crippen LogP contribution < -0.4 is 13.7 Å². The summed E-state index contributed by atoms with van der Waals surface area (Å²) in [5.74, 6) is 10.6. The minimum atomic E-state index is -1.98. The summed E-state index contributed by atoms with van der Waals surface area (Å²) in [5, 5.41) is 7.87. The fourth-order valence-electron chi connectivity index (χ4n) is 6.56. The first-order valence-electron chi connectivity index (χ1n) is 14.6. The fourth-order valence-corrected chi connectivity index (χ4v) is 8.99. The van der Waals surface area contributed by atoms with Gasteiger partial charge < -0.3 is 0 Å². The molecule has 5 aromatic rings. The van der Waals surface area contributed by atoms with Crippen LogP contribution in [0.1, 0.15) is 44.4 Å². The number of aryl methyl sites for hydroxylation is 2. The average Bonchev–Trinajstić information content (AvgIpc) is 2.86. The van der Waals surface area contributed by atoms with Gasteiger partial charge in [0.1, 0.15) is 0 Å². The summed E-state index contributed by atoms with van der Waals surface area (Å²) in [6.45, 7) is 11.5. The molecule has 1 aromatic heterocycles. The maximum atomic E-state index is 7.02. The molecule has 0 amide bonds. The van der Waals surface area contributed by atoms with Crippen molar-refractivity contribution in [2.45, 2.75) is 64.7 Å². The molecule has 0 N–H and O–H groups in total. The third-order valence-corrected chi connectivity index (χ3v) is 12.7. The van der Waals surface area contributed by atoms with Gasteiger partial charge in [0.05, 0.1) is 0 Å². The van der Waals surface area contributed by atoms with E-state index in [9.17, 15) is 0 Å². The Morgan fingerprint density at radius 2 is 1.54 bits per heavy atom. The summed E-state index contributed by atoms with van der Waals surface area (Å²) in [7, 11) is 2.19. The van der Waals surface area contributed by atoms with E-state index in [1.807, 2.05) is 0 Å². The van der Waals surface area contributed by atoms with Gasteiger partial charge in [0.2, 0.25) is 0 Å². The molecule has 4 aromatic carbocycles. The monoisotopic (exact) mass is 578 g/mol. The molecule has 6 rings (SSSR count). The van der Waals surface area contributed by atoms with E-state index >= 15 is 0 Å². The van der Waals surface area contributed by atoms with Gasteiger partial charge in [-0.3, -0.25) is 0 Å². The Balaban J connectivity index is 1.73. The number of ether oxygens (including phenoxy) is 1. The summed E-state index contributed by atoms with van der Waals surface area (Å²) >= 11 is -1.98. The van der Waals surface area contributed by atoms with Crippen molar-refractivity contribution in [2.75, 3.05) is 0 Å². The number of pyridine rings is 1. The fraction of sp³-hybridized carbons (Fsp3) is 0.361. The zero-order valence-corrected chi connectivity index (χ0v) is 27.2. The molecule has 0 radical (unpaired) electrons. The molecule has 39 heavy (non-hydrogen) atoms. The number of aromatic nitrogens is 1. The summed E-state index contributed by atoms with van der Waals surface area (Å²) in [4.78, 5) is 0. The first-order chi connectivity index (χ1) is 18.4. The van der Waals surface area contributed by atoms with Gasteiger partial charge in [-0.15, -0.1) is 0 Å². The molecule has 0 unspecified atom stereocenters. The zero-order valence-electron chi connectivity index (χ0n) is 25.1. The van der Waals surface area contributed by atoms with Crippen LogP contribution in [0.4, 0.5) is 0 Å². The van der Waals surface area contributed by atoms with E-state index in [4.69, 9.17) is 4.74 Å². The van der Waals surface area contributed by atoms with E-state index in [0.29, 0.717) is 11.8 Å². The molecule has 2 nitrogen and oxygen atoms in total. The zero-order chi connectivity index (χ0) is 27.8. The first kappa shape index (κ1) is 26.4. The number of fused-ring (bicyclic) bond motifs is 5. The SMILES string of the molecule is Cc1c2c(c(CC(C)C)c3ccc(CC(C)C)cc13)Oc1cc3cc[c]([Ge]([CH3])([CH3])[CH3])cc3c3cc[n+](C)c-2c13. The maximum absolute atomic E-state index is 7.02. The van der Waals surface area contributed by atoms with Gasteiger partial charge in [0.15, 0.2) is 0 Å². The molecule has 3 heteroatoms. The number of hydrogen-bond acceptors (Lipinski definition) is 1. The average molecular weight is 577 g/mol. The molecular formula is C36H42GeNO+. The molecule has 0 atom stereocenters. The molecule has 0 bridgehead atoms. The first-order valence-corrected chi connectivity index (χ1v) is 21.9. The van der Waals surface area contributed by atoms with E-state index < -0.39 is 13.3 Å². The van der Waals surface area contributed by atoms with Crippen molar-refractivity contribution in [2.24, 2.45) is 18.9 Å². The van der Waals surface area contributed by atoms with Crippen LogP contribution in [-0.4, -0.2) is 13.3 Å². The van der Waals surface area contributed by atoms with Crippen molar-refractivity contribution in [1.29, 1.82) is 0 Å². The van der Waals surface area contributed by atoms with E-state index in [1.54, 1.807) is 4.40 Å². The number of benzene rings is 4. The molecule has 2 heterocycles. The van der Waals surface area contributed by atoms with Crippen LogP contribution in [-0.2, 0) is 19.9 Å². The number of hydrogen-bond donors (Lipinski definition) is 0. The minimum absolute atomic E-state index is 0.530. The van der Waals surface area contributed by atoms with E-state index in [2.05, 4.69) is 118 Å². The second kappa shape index (κ2) is 9.37. The van der Waals surface area contributed by atoms with E-state index in [1.165, 1.54) is 60.3 Å². The van der Waals surface area contributed by atoms with Gasteiger partial charge in [-0.25, -0.2) is 0 Å². The second-order valence-electron chi connectivity index (χ2n) is 13.6. The third-order valence-electron chi connectivity index (χ3n) is 8.46. The van der Waals surface area contributed by atoms with Crippen molar-refractivity contribution in [3.05, 3.63) is 71.4 Å². The van der Waals surface area contributed by atoms with Crippen LogP contribution in [0.15, 0.2) is 54.7 Å². The Kier molecular flexibility index (Phi) is 6.34. The summed E-state index contributed by atoms with van der Waals surface area (Å²) in [6, 6.07) is 18.9. The second-order valence-corrected chi connectivity index (χ2v) is 24.3. The van der Waals surface area contributed by atoms with Crippen molar-refractivity contribution < 1.29 is 9.30 Å². The van der Waals surface area contributed by atoms with Crippen LogP contribution in [0.2, 0.25) is 17.3 Å². The summed E-state index contributed by atoms with van der Waals surface area (Å²) in [5.41, 5.74) is 6.64. The molecule has 1 aliphatic heterocycles. The Bertz CT molecular complexity index is 1790. The van der Waals surface area contributed by atoms with Crippen LogP contribution in [0.25, 0.3) is 43.6 Å². The molecule has 0 spiro atoms. The summed E-state index contributed by atoms with van der Waals surface area (Å²) < 4.78 is 10.9. The van der Waals surface area contributed by atoms with Crippen LogP contribution >= 0.6 is 0 Å². The quantitative estimate of drug-likeness (QED) is 0.113. The summed E-state index contributed by atoms with van der Waals surface area (Å²) in [6.07, 6.45) is 4.34. The third kappa shape index (κ3) is 4.36. The van der Waals surface area contributed by atoms with Gasteiger partial charge in [-0.1, -0.05) is 13.8 Å². The van der Waals surface area contributed by atoms with Crippen molar-refractivity contribution in [1.82, 2.24) is 0 Å². The van der Waals surface area contributed by atoms with Crippen LogP contribution in [0.3, 0.4) is 0 Å². The van der Waals surface area contributed by atoms with Crippen LogP contribution in [0, 0.1) is 18.8 Å². The standard InChI is InChI=1S/C36H42GeNO/c1-21(2)16-24-10-13-27-29(18-24)23(5)33-35-34-28(14-15-38(35)9)30-20-26(37(6,7)8)12-11-25(30)19-32(34)39-36(33)31(27)17-22(3)4/h10-15,18-22H,16-17H2,1-9H3/q+1. The van der Waals surface area contributed by atoms with Gasteiger partial charge in [-0.05, 0) is 5.92 Å². The van der Waals surface area contributed by atoms with E-state index in [-0.39, 0.29) is 0 Å².